The smallest absolute Gasteiger partial charge is 0.0108 e. The van der Waals surface area contributed by atoms with Gasteiger partial charge in [-0.15, -0.1) is 0 Å². The molecule has 3 heteroatoms. The van der Waals surface area contributed by atoms with E-state index in [1.54, 1.807) is 0 Å². The molecule has 0 saturated carbocycles. The molecule has 1 saturated heterocycles. The van der Waals surface area contributed by atoms with Gasteiger partial charge in [0, 0.05) is 39.3 Å². The average Bonchev–Trinajstić information content (AvgIpc) is 2.42. The van der Waals surface area contributed by atoms with E-state index in [-0.39, 0.29) is 0 Å². The van der Waals surface area contributed by atoms with E-state index in [1.807, 2.05) is 0 Å². The zero-order chi connectivity index (χ0) is 12.9. The van der Waals surface area contributed by atoms with Crippen molar-refractivity contribution < 1.29 is 0 Å². The lowest BCUT2D eigenvalue weighted by Gasteiger charge is -2.27. The van der Waals surface area contributed by atoms with Gasteiger partial charge < -0.3 is 10.6 Å². The highest BCUT2D eigenvalue weighted by atomic mass is 15.2. The van der Waals surface area contributed by atoms with Gasteiger partial charge in [0.05, 0.1) is 0 Å². The molecule has 1 aliphatic rings. The summed E-state index contributed by atoms with van der Waals surface area (Å²) in [5, 5.41) is 6.96. The first-order valence-corrected chi connectivity index (χ1v) is 8.07. The molecule has 0 unspecified atom stereocenters. The molecule has 2 N–H and O–H groups in total. The van der Waals surface area contributed by atoms with Crippen LogP contribution in [0.5, 0.6) is 0 Å². The highest BCUT2D eigenvalue weighted by molar-refractivity contribution is 4.68. The summed E-state index contributed by atoms with van der Waals surface area (Å²) in [5.41, 5.74) is 0. The Morgan fingerprint density at radius 3 is 2.28 bits per heavy atom. The number of unbranched alkanes of at least 4 members (excludes halogenated alkanes) is 6. The van der Waals surface area contributed by atoms with Crippen molar-refractivity contribution in [2.45, 2.75) is 51.9 Å². The highest BCUT2D eigenvalue weighted by Crippen LogP contribution is 2.06. The molecule has 18 heavy (non-hydrogen) atoms. The predicted octanol–water partition coefficient (Wildman–Crippen LogP) is 2.23. The number of rotatable bonds is 11. The van der Waals surface area contributed by atoms with E-state index in [1.165, 1.54) is 71.1 Å². The normalized spacial score (nSPS) is 17.2. The maximum absolute atomic E-state index is 3.57. The second-order valence-electron chi connectivity index (χ2n) is 5.46. The molecule has 1 heterocycles. The van der Waals surface area contributed by atoms with E-state index in [9.17, 15) is 0 Å². The lowest BCUT2D eigenvalue weighted by atomic mass is 10.1. The van der Waals surface area contributed by atoms with E-state index in [2.05, 4.69) is 22.5 Å². The SMILES string of the molecule is CCCCCCCCCNCCN1CCNCC1. The van der Waals surface area contributed by atoms with Crippen LogP contribution in [-0.2, 0) is 0 Å². The van der Waals surface area contributed by atoms with Gasteiger partial charge in [0.25, 0.3) is 0 Å². The fourth-order valence-electron chi connectivity index (χ4n) is 2.50. The third-order valence-electron chi connectivity index (χ3n) is 3.77. The fraction of sp³-hybridized carbons (Fsp3) is 1.00. The molecule has 0 aromatic heterocycles. The van der Waals surface area contributed by atoms with E-state index >= 15 is 0 Å². The standard InChI is InChI=1S/C15H33N3/c1-2-3-4-5-6-7-8-9-16-10-13-18-14-11-17-12-15-18/h16-17H,2-15H2,1H3. The Morgan fingerprint density at radius 1 is 0.889 bits per heavy atom. The third-order valence-corrected chi connectivity index (χ3v) is 3.77. The first-order chi connectivity index (χ1) is 8.93. The Morgan fingerprint density at radius 2 is 1.56 bits per heavy atom. The van der Waals surface area contributed by atoms with Crippen LogP contribution in [0.1, 0.15) is 51.9 Å². The van der Waals surface area contributed by atoms with Crippen LogP contribution in [0.3, 0.4) is 0 Å². The minimum atomic E-state index is 1.16. The van der Waals surface area contributed by atoms with Gasteiger partial charge in [0.1, 0.15) is 0 Å². The second kappa shape index (κ2) is 11.9. The van der Waals surface area contributed by atoms with Crippen LogP contribution in [0.4, 0.5) is 0 Å². The quantitative estimate of drug-likeness (QED) is 0.554. The summed E-state index contributed by atoms with van der Waals surface area (Å²) >= 11 is 0. The van der Waals surface area contributed by atoms with Gasteiger partial charge >= 0.3 is 0 Å². The maximum atomic E-state index is 3.57. The number of hydrogen-bond donors (Lipinski definition) is 2. The Hall–Kier alpha value is -0.120. The van der Waals surface area contributed by atoms with E-state index in [0.29, 0.717) is 0 Å². The molecule has 108 valence electrons. The van der Waals surface area contributed by atoms with Crippen molar-refractivity contribution >= 4 is 0 Å². The van der Waals surface area contributed by atoms with Gasteiger partial charge in [-0.3, -0.25) is 4.90 Å². The molecule has 1 aliphatic heterocycles. The van der Waals surface area contributed by atoms with Gasteiger partial charge in [-0.05, 0) is 13.0 Å². The topological polar surface area (TPSA) is 27.3 Å². The summed E-state index contributed by atoms with van der Waals surface area (Å²) in [7, 11) is 0. The molecular formula is C15H33N3. The number of hydrogen-bond acceptors (Lipinski definition) is 3. The summed E-state index contributed by atoms with van der Waals surface area (Å²) in [6, 6.07) is 0. The van der Waals surface area contributed by atoms with Crippen molar-refractivity contribution in [1.29, 1.82) is 0 Å². The van der Waals surface area contributed by atoms with Gasteiger partial charge in [-0.2, -0.15) is 0 Å². The van der Waals surface area contributed by atoms with Crippen molar-refractivity contribution in [3.05, 3.63) is 0 Å². The highest BCUT2D eigenvalue weighted by Gasteiger charge is 2.07. The molecule has 1 fully saturated rings. The molecule has 0 aliphatic carbocycles. The van der Waals surface area contributed by atoms with E-state index in [4.69, 9.17) is 0 Å². The Balaban J connectivity index is 1.73. The van der Waals surface area contributed by atoms with Crippen molar-refractivity contribution in [3.63, 3.8) is 0 Å². The Labute approximate surface area is 114 Å². The monoisotopic (exact) mass is 255 g/mol. The van der Waals surface area contributed by atoms with Crippen LogP contribution in [0, 0.1) is 0 Å². The molecule has 1 rings (SSSR count). The maximum Gasteiger partial charge on any atom is 0.0108 e. The molecule has 0 atom stereocenters. The van der Waals surface area contributed by atoms with Crippen molar-refractivity contribution in [2.75, 3.05) is 45.8 Å². The zero-order valence-corrected chi connectivity index (χ0v) is 12.3. The average molecular weight is 255 g/mol. The fourth-order valence-corrected chi connectivity index (χ4v) is 2.50. The summed E-state index contributed by atoms with van der Waals surface area (Å²) in [5.74, 6) is 0. The Kier molecular flexibility index (Phi) is 10.6. The summed E-state index contributed by atoms with van der Waals surface area (Å²) in [6.45, 7) is 10.6. The van der Waals surface area contributed by atoms with Gasteiger partial charge in [0.15, 0.2) is 0 Å². The molecule has 0 radical (unpaired) electrons. The molecule has 3 nitrogen and oxygen atoms in total. The molecule has 0 amide bonds. The lowest BCUT2D eigenvalue weighted by molar-refractivity contribution is 0.241. The van der Waals surface area contributed by atoms with Crippen LogP contribution < -0.4 is 10.6 Å². The Bertz CT molecular complexity index is 167. The van der Waals surface area contributed by atoms with E-state index < -0.39 is 0 Å². The molecule has 0 bridgehead atoms. The summed E-state index contributed by atoms with van der Waals surface area (Å²) < 4.78 is 0. The number of nitrogens with one attached hydrogen (secondary N) is 2. The third kappa shape index (κ3) is 8.90. The van der Waals surface area contributed by atoms with Crippen LogP contribution in [-0.4, -0.2) is 50.7 Å². The number of nitrogens with zero attached hydrogens (tertiary/aromatic N) is 1. The minimum Gasteiger partial charge on any atom is -0.315 e. The van der Waals surface area contributed by atoms with E-state index in [0.717, 1.165) is 19.6 Å². The zero-order valence-electron chi connectivity index (χ0n) is 12.3. The van der Waals surface area contributed by atoms with Gasteiger partial charge in [-0.25, -0.2) is 0 Å². The first kappa shape index (κ1) is 15.9. The first-order valence-electron chi connectivity index (χ1n) is 8.07. The largest absolute Gasteiger partial charge is 0.315 e. The van der Waals surface area contributed by atoms with Crippen LogP contribution in [0.15, 0.2) is 0 Å². The predicted molar refractivity (Wildman–Crippen MR) is 80.2 cm³/mol. The molecular weight excluding hydrogens is 222 g/mol. The van der Waals surface area contributed by atoms with Crippen LogP contribution in [0.25, 0.3) is 0 Å². The van der Waals surface area contributed by atoms with Crippen molar-refractivity contribution in [3.8, 4) is 0 Å². The van der Waals surface area contributed by atoms with Crippen LogP contribution >= 0.6 is 0 Å². The molecule has 0 aromatic carbocycles. The molecule has 0 aromatic rings. The summed E-state index contributed by atoms with van der Waals surface area (Å²) in [6.07, 6.45) is 9.84. The van der Waals surface area contributed by atoms with Gasteiger partial charge in [0.2, 0.25) is 0 Å². The van der Waals surface area contributed by atoms with Gasteiger partial charge in [-0.1, -0.05) is 45.4 Å². The van der Waals surface area contributed by atoms with Crippen molar-refractivity contribution in [1.82, 2.24) is 15.5 Å². The second-order valence-corrected chi connectivity index (χ2v) is 5.46. The van der Waals surface area contributed by atoms with Crippen molar-refractivity contribution in [2.24, 2.45) is 0 Å². The molecule has 0 spiro atoms. The summed E-state index contributed by atoms with van der Waals surface area (Å²) in [4.78, 5) is 2.55. The number of piperazine rings is 1. The van der Waals surface area contributed by atoms with Crippen LogP contribution in [0.2, 0.25) is 0 Å². The lowest BCUT2D eigenvalue weighted by Crippen LogP contribution is -2.45. The minimum absolute atomic E-state index is 1.16.